The highest BCUT2D eigenvalue weighted by Crippen LogP contribution is 2.24. The first-order valence-electron chi connectivity index (χ1n) is 7.49. The number of rotatable bonds is 7. The first-order valence-corrected chi connectivity index (χ1v) is 7.49. The van der Waals surface area contributed by atoms with E-state index >= 15 is 0 Å². The van der Waals surface area contributed by atoms with Crippen molar-refractivity contribution in [3.8, 4) is 5.88 Å². The van der Waals surface area contributed by atoms with Crippen molar-refractivity contribution in [2.45, 2.75) is 44.8 Å². The van der Waals surface area contributed by atoms with Gasteiger partial charge in [-0.15, -0.1) is 0 Å². The first kappa shape index (κ1) is 16.1. The lowest BCUT2D eigenvalue weighted by Gasteiger charge is -2.15. The van der Waals surface area contributed by atoms with Crippen LogP contribution in [0.15, 0.2) is 18.3 Å². The van der Waals surface area contributed by atoms with Crippen LogP contribution in [0, 0.1) is 0 Å². The van der Waals surface area contributed by atoms with Gasteiger partial charge in [0.05, 0.1) is 6.42 Å². The van der Waals surface area contributed by atoms with Crippen LogP contribution < -0.4 is 15.4 Å². The van der Waals surface area contributed by atoms with Gasteiger partial charge in [-0.05, 0) is 31.7 Å². The molecule has 2 amide bonds. The van der Waals surface area contributed by atoms with Crippen LogP contribution >= 0.6 is 0 Å². The SMILES string of the molecule is O=C(O)CCNC(=O)NCc1cccnc1OC1CCCC1. The zero-order valence-electron chi connectivity index (χ0n) is 12.4. The maximum atomic E-state index is 11.6. The van der Waals surface area contributed by atoms with Crippen LogP contribution in [0.4, 0.5) is 4.79 Å². The fourth-order valence-corrected chi connectivity index (χ4v) is 2.35. The van der Waals surface area contributed by atoms with Gasteiger partial charge in [-0.2, -0.15) is 0 Å². The Balaban J connectivity index is 1.81. The van der Waals surface area contributed by atoms with E-state index < -0.39 is 12.0 Å². The zero-order valence-corrected chi connectivity index (χ0v) is 12.4. The standard InChI is InChI=1S/C15H21N3O4/c19-13(20)7-9-17-15(21)18-10-11-4-3-8-16-14(11)22-12-5-1-2-6-12/h3-4,8,12H,1-2,5-7,9-10H2,(H,19,20)(H2,17,18,21). The lowest BCUT2D eigenvalue weighted by molar-refractivity contribution is -0.136. The number of nitrogens with zero attached hydrogens (tertiary/aromatic N) is 1. The minimum atomic E-state index is -0.945. The molecule has 0 spiro atoms. The van der Waals surface area contributed by atoms with E-state index in [0.29, 0.717) is 5.88 Å². The van der Waals surface area contributed by atoms with Crippen molar-refractivity contribution >= 4 is 12.0 Å². The molecule has 120 valence electrons. The number of urea groups is 1. The summed E-state index contributed by atoms with van der Waals surface area (Å²) < 4.78 is 5.89. The van der Waals surface area contributed by atoms with Gasteiger partial charge in [0.2, 0.25) is 5.88 Å². The largest absolute Gasteiger partial charge is 0.481 e. The van der Waals surface area contributed by atoms with Gasteiger partial charge in [-0.1, -0.05) is 6.07 Å². The third-order valence-corrected chi connectivity index (χ3v) is 3.49. The predicted octanol–water partition coefficient (Wildman–Crippen LogP) is 1.68. The third kappa shape index (κ3) is 5.23. The summed E-state index contributed by atoms with van der Waals surface area (Å²) in [6.07, 6.45) is 6.21. The number of carbonyl (C=O) groups excluding carboxylic acids is 1. The topological polar surface area (TPSA) is 101 Å². The van der Waals surface area contributed by atoms with E-state index in [0.717, 1.165) is 18.4 Å². The summed E-state index contributed by atoms with van der Waals surface area (Å²) in [6.45, 7) is 0.383. The highest BCUT2D eigenvalue weighted by Gasteiger charge is 2.18. The quantitative estimate of drug-likeness (QED) is 0.711. The Kier molecular flexibility index (Phi) is 6.00. The number of amides is 2. The number of nitrogens with one attached hydrogen (secondary N) is 2. The smallest absolute Gasteiger partial charge is 0.315 e. The van der Waals surface area contributed by atoms with Gasteiger partial charge in [0.25, 0.3) is 0 Å². The monoisotopic (exact) mass is 307 g/mol. The number of hydrogen-bond acceptors (Lipinski definition) is 4. The first-order chi connectivity index (χ1) is 10.6. The normalized spacial score (nSPS) is 14.5. The minimum Gasteiger partial charge on any atom is -0.481 e. The molecule has 7 heteroatoms. The number of aliphatic carboxylic acids is 1. The minimum absolute atomic E-state index is 0.0969. The fourth-order valence-electron chi connectivity index (χ4n) is 2.35. The molecule has 0 saturated heterocycles. The lowest BCUT2D eigenvalue weighted by atomic mass is 10.2. The second-order valence-electron chi connectivity index (χ2n) is 5.25. The van der Waals surface area contributed by atoms with Crippen molar-refractivity contribution in [2.24, 2.45) is 0 Å². The van der Waals surface area contributed by atoms with Gasteiger partial charge in [0.1, 0.15) is 6.10 Å². The average molecular weight is 307 g/mol. The summed E-state index contributed by atoms with van der Waals surface area (Å²) in [4.78, 5) is 26.2. The zero-order chi connectivity index (χ0) is 15.8. The van der Waals surface area contributed by atoms with E-state index in [1.165, 1.54) is 12.8 Å². The van der Waals surface area contributed by atoms with E-state index in [1.54, 1.807) is 12.3 Å². The van der Waals surface area contributed by atoms with Crippen LogP contribution in [-0.2, 0) is 11.3 Å². The van der Waals surface area contributed by atoms with Gasteiger partial charge in [0, 0.05) is 24.8 Å². The Labute approximate surface area is 129 Å². The highest BCUT2D eigenvalue weighted by molar-refractivity contribution is 5.75. The molecule has 0 aliphatic heterocycles. The van der Waals surface area contributed by atoms with Crippen molar-refractivity contribution in [2.75, 3.05) is 6.54 Å². The molecule has 7 nitrogen and oxygen atoms in total. The van der Waals surface area contributed by atoms with Crippen molar-refractivity contribution in [1.82, 2.24) is 15.6 Å². The predicted molar refractivity (Wildman–Crippen MR) is 79.6 cm³/mol. The molecule has 1 aliphatic carbocycles. The number of carbonyl (C=O) groups is 2. The van der Waals surface area contributed by atoms with E-state index in [9.17, 15) is 9.59 Å². The van der Waals surface area contributed by atoms with Crippen LogP contribution in [0.1, 0.15) is 37.7 Å². The highest BCUT2D eigenvalue weighted by atomic mass is 16.5. The molecule has 2 rings (SSSR count). The molecular weight excluding hydrogens is 286 g/mol. The fraction of sp³-hybridized carbons (Fsp3) is 0.533. The van der Waals surface area contributed by atoms with E-state index in [1.807, 2.05) is 6.07 Å². The Morgan fingerprint density at radius 1 is 1.32 bits per heavy atom. The Hall–Kier alpha value is -2.31. The molecule has 1 saturated carbocycles. The molecule has 0 radical (unpaired) electrons. The number of hydrogen-bond donors (Lipinski definition) is 3. The van der Waals surface area contributed by atoms with Gasteiger partial charge in [-0.25, -0.2) is 9.78 Å². The second-order valence-corrected chi connectivity index (χ2v) is 5.25. The summed E-state index contributed by atoms with van der Waals surface area (Å²) in [6, 6.07) is 3.24. The molecule has 0 bridgehead atoms. The number of aromatic nitrogens is 1. The molecule has 0 unspecified atom stereocenters. The second kappa shape index (κ2) is 8.21. The maximum Gasteiger partial charge on any atom is 0.315 e. The third-order valence-electron chi connectivity index (χ3n) is 3.49. The van der Waals surface area contributed by atoms with Crippen LogP contribution in [0.25, 0.3) is 0 Å². The molecule has 1 aliphatic rings. The van der Waals surface area contributed by atoms with Crippen molar-refractivity contribution < 1.29 is 19.4 Å². The van der Waals surface area contributed by atoms with Gasteiger partial charge in [-0.3, -0.25) is 4.79 Å². The molecule has 22 heavy (non-hydrogen) atoms. The van der Waals surface area contributed by atoms with Crippen molar-refractivity contribution in [1.29, 1.82) is 0 Å². The lowest BCUT2D eigenvalue weighted by Crippen LogP contribution is -2.36. The van der Waals surface area contributed by atoms with Crippen molar-refractivity contribution in [3.63, 3.8) is 0 Å². The summed E-state index contributed by atoms with van der Waals surface area (Å²) in [5, 5.41) is 13.7. The molecule has 1 aromatic heterocycles. The number of ether oxygens (including phenoxy) is 1. The van der Waals surface area contributed by atoms with Crippen molar-refractivity contribution in [3.05, 3.63) is 23.9 Å². The number of carboxylic acid groups (broad SMARTS) is 1. The Bertz CT molecular complexity index is 515. The molecule has 1 fully saturated rings. The van der Waals surface area contributed by atoms with Gasteiger partial charge < -0.3 is 20.5 Å². The van der Waals surface area contributed by atoms with Crippen LogP contribution in [-0.4, -0.2) is 34.7 Å². The van der Waals surface area contributed by atoms with E-state index in [2.05, 4.69) is 15.6 Å². The van der Waals surface area contributed by atoms with Crippen LogP contribution in [0.3, 0.4) is 0 Å². The van der Waals surface area contributed by atoms with Crippen LogP contribution in [0.2, 0.25) is 0 Å². The van der Waals surface area contributed by atoms with E-state index in [-0.39, 0.29) is 25.6 Å². The summed E-state index contributed by atoms with van der Waals surface area (Å²) in [5.74, 6) is -0.389. The maximum absolute atomic E-state index is 11.6. The molecule has 0 atom stereocenters. The Morgan fingerprint density at radius 3 is 2.82 bits per heavy atom. The van der Waals surface area contributed by atoms with Gasteiger partial charge in [0.15, 0.2) is 0 Å². The molecule has 0 aromatic carbocycles. The van der Waals surface area contributed by atoms with E-state index in [4.69, 9.17) is 9.84 Å². The molecule has 1 heterocycles. The number of carboxylic acids is 1. The molecule has 3 N–H and O–H groups in total. The average Bonchev–Trinajstić information content (AvgIpc) is 2.99. The summed E-state index contributed by atoms with van der Waals surface area (Å²) in [5.41, 5.74) is 0.808. The Morgan fingerprint density at radius 2 is 2.09 bits per heavy atom. The van der Waals surface area contributed by atoms with Gasteiger partial charge >= 0.3 is 12.0 Å². The van der Waals surface area contributed by atoms with Crippen LogP contribution in [0.5, 0.6) is 5.88 Å². The summed E-state index contributed by atoms with van der Waals surface area (Å²) >= 11 is 0. The summed E-state index contributed by atoms with van der Waals surface area (Å²) in [7, 11) is 0. The molecular formula is C15H21N3O4. The molecule has 1 aromatic rings. The number of pyridine rings is 1.